The first-order valence-corrected chi connectivity index (χ1v) is 7.58. The fourth-order valence-electron chi connectivity index (χ4n) is 3.27. The number of aryl methyl sites for hydroxylation is 2. The molecule has 3 nitrogen and oxygen atoms in total. The lowest BCUT2D eigenvalue weighted by Gasteiger charge is -2.44. The van der Waals surface area contributed by atoms with Gasteiger partial charge in [0.05, 0.1) is 0 Å². The molecule has 1 aromatic carbocycles. The molecule has 0 bridgehead atoms. The Balaban J connectivity index is 2.39. The first-order chi connectivity index (χ1) is 9.45. The Labute approximate surface area is 123 Å². The van der Waals surface area contributed by atoms with Crippen molar-refractivity contribution < 1.29 is 5.11 Å². The molecule has 1 saturated heterocycles. The van der Waals surface area contributed by atoms with E-state index >= 15 is 0 Å². The Morgan fingerprint density at radius 3 is 2.45 bits per heavy atom. The Kier molecular flexibility index (Phi) is 4.84. The maximum atomic E-state index is 9.86. The minimum Gasteiger partial charge on any atom is -0.396 e. The average Bonchev–Trinajstić information content (AvgIpc) is 2.43. The van der Waals surface area contributed by atoms with E-state index in [1.807, 2.05) is 0 Å². The van der Waals surface area contributed by atoms with Crippen molar-refractivity contribution in [1.29, 1.82) is 0 Å². The first-order valence-electron chi connectivity index (χ1n) is 7.58. The molecule has 1 atom stereocenters. The Morgan fingerprint density at radius 2 is 1.90 bits per heavy atom. The van der Waals surface area contributed by atoms with Crippen LogP contribution in [0, 0.1) is 19.3 Å². The summed E-state index contributed by atoms with van der Waals surface area (Å²) < 4.78 is 0. The van der Waals surface area contributed by atoms with Gasteiger partial charge in [0.15, 0.2) is 0 Å². The second kappa shape index (κ2) is 6.25. The van der Waals surface area contributed by atoms with Crippen LogP contribution in [0.2, 0.25) is 0 Å². The molecule has 0 spiro atoms. The van der Waals surface area contributed by atoms with Gasteiger partial charge in [0.25, 0.3) is 0 Å². The number of aliphatic hydroxyl groups excluding tert-OH is 1. The Hall–Kier alpha value is -0.900. The molecule has 0 aromatic heterocycles. The highest BCUT2D eigenvalue weighted by atomic mass is 16.3. The zero-order valence-electron chi connectivity index (χ0n) is 13.2. The SMILES string of the molecule is Cc1ccc([C@@H](N2CCNCC2)C(C)(C)CO)c(C)c1. The quantitative estimate of drug-likeness (QED) is 0.885. The number of hydrogen-bond acceptors (Lipinski definition) is 3. The maximum Gasteiger partial charge on any atom is 0.0500 e. The van der Waals surface area contributed by atoms with Gasteiger partial charge in [-0.2, -0.15) is 0 Å². The van der Waals surface area contributed by atoms with Crippen molar-refractivity contribution in [3.63, 3.8) is 0 Å². The maximum absolute atomic E-state index is 9.86. The van der Waals surface area contributed by atoms with Crippen molar-refractivity contribution >= 4 is 0 Å². The van der Waals surface area contributed by atoms with Crippen LogP contribution in [-0.2, 0) is 0 Å². The molecule has 0 amide bonds. The second-order valence-corrected chi connectivity index (χ2v) is 6.70. The van der Waals surface area contributed by atoms with Crippen LogP contribution in [0.4, 0.5) is 0 Å². The van der Waals surface area contributed by atoms with E-state index in [0.717, 1.165) is 26.2 Å². The molecule has 0 unspecified atom stereocenters. The molecule has 1 aromatic rings. The number of rotatable bonds is 4. The van der Waals surface area contributed by atoms with Crippen molar-refractivity contribution in [2.24, 2.45) is 5.41 Å². The van der Waals surface area contributed by atoms with E-state index in [2.05, 4.69) is 56.1 Å². The summed E-state index contributed by atoms with van der Waals surface area (Å²) in [6.45, 7) is 13.0. The molecule has 20 heavy (non-hydrogen) atoms. The van der Waals surface area contributed by atoms with Crippen LogP contribution in [0.1, 0.15) is 36.6 Å². The van der Waals surface area contributed by atoms with Crippen LogP contribution in [0.5, 0.6) is 0 Å². The van der Waals surface area contributed by atoms with Gasteiger partial charge in [0.1, 0.15) is 0 Å². The summed E-state index contributed by atoms with van der Waals surface area (Å²) in [7, 11) is 0. The zero-order chi connectivity index (χ0) is 14.8. The topological polar surface area (TPSA) is 35.5 Å². The number of aliphatic hydroxyl groups is 1. The fraction of sp³-hybridized carbons (Fsp3) is 0.647. The van der Waals surface area contributed by atoms with Crippen molar-refractivity contribution in [2.45, 2.75) is 33.7 Å². The van der Waals surface area contributed by atoms with E-state index in [0.29, 0.717) is 0 Å². The average molecular weight is 276 g/mol. The molecule has 0 saturated carbocycles. The molecule has 3 heteroatoms. The van der Waals surface area contributed by atoms with Crippen molar-refractivity contribution in [3.05, 3.63) is 34.9 Å². The number of benzene rings is 1. The van der Waals surface area contributed by atoms with Crippen molar-refractivity contribution in [2.75, 3.05) is 32.8 Å². The molecule has 0 aliphatic carbocycles. The third kappa shape index (κ3) is 3.22. The third-order valence-electron chi connectivity index (χ3n) is 4.38. The van der Waals surface area contributed by atoms with E-state index in [-0.39, 0.29) is 18.1 Å². The van der Waals surface area contributed by atoms with E-state index in [9.17, 15) is 5.11 Å². The van der Waals surface area contributed by atoms with Gasteiger partial charge in [-0.15, -0.1) is 0 Å². The van der Waals surface area contributed by atoms with Gasteiger partial charge in [-0.3, -0.25) is 4.90 Å². The Morgan fingerprint density at radius 1 is 1.25 bits per heavy atom. The highest BCUT2D eigenvalue weighted by Crippen LogP contribution is 2.39. The molecule has 1 fully saturated rings. The third-order valence-corrected chi connectivity index (χ3v) is 4.38. The van der Waals surface area contributed by atoms with Gasteiger partial charge in [0, 0.05) is 44.2 Å². The molecule has 1 aliphatic rings. The van der Waals surface area contributed by atoms with Gasteiger partial charge < -0.3 is 10.4 Å². The van der Waals surface area contributed by atoms with Crippen LogP contribution in [-0.4, -0.2) is 42.8 Å². The van der Waals surface area contributed by atoms with Gasteiger partial charge in [-0.1, -0.05) is 37.6 Å². The molecule has 1 heterocycles. The first kappa shape index (κ1) is 15.5. The molecule has 1 aliphatic heterocycles. The summed E-state index contributed by atoms with van der Waals surface area (Å²) in [4.78, 5) is 2.52. The highest BCUT2D eigenvalue weighted by molar-refractivity contribution is 5.34. The van der Waals surface area contributed by atoms with Crippen LogP contribution >= 0.6 is 0 Å². The lowest BCUT2D eigenvalue weighted by Crippen LogP contribution is -2.49. The number of piperazine rings is 1. The zero-order valence-corrected chi connectivity index (χ0v) is 13.2. The molecule has 2 rings (SSSR count). The monoisotopic (exact) mass is 276 g/mol. The van der Waals surface area contributed by atoms with Crippen molar-refractivity contribution in [3.8, 4) is 0 Å². The lowest BCUT2D eigenvalue weighted by atomic mass is 9.78. The van der Waals surface area contributed by atoms with Gasteiger partial charge in [-0.05, 0) is 25.0 Å². The smallest absolute Gasteiger partial charge is 0.0500 e. The van der Waals surface area contributed by atoms with Crippen LogP contribution in [0.15, 0.2) is 18.2 Å². The van der Waals surface area contributed by atoms with Crippen LogP contribution in [0.25, 0.3) is 0 Å². The van der Waals surface area contributed by atoms with E-state index in [1.165, 1.54) is 16.7 Å². The molecule has 2 N–H and O–H groups in total. The summed E-state index contributed by atoms with van der Waals surface area (Å²) in [6, 6.07) is 6.95. The Bertz CT molecular complexity index is 450. The molecule has 112 valence electrons. The highest BCUT2D eigenvalue weighted by Gasteiger charge is 2.36. The van der Waals surface area contributed by atoms with Crippen molar-refractivity contribution in [1.82, 2.24) is 10.2 Å². The molecular formula is C17H28N2O. The lowest BCUT2D eigenvalue weighted by molar-refractivity contribution is 0.0302. The number of nitrogens with zero attached hydrogens (tertiary/aromatic N) is 1. The summed E-state index contributed by atoms with van der Waals surface area (Å²) in [6.07, 6.45) is 0. The molecular weight excluding hydrogens is 248 g/mol. The predicted molar refractivity (Wildman–Crippen MR) is 84.0 cm³/mol. The largest absolute Gasteiger partial charge is 0.396 e. The van der Waals surface area contributed by atoms with E-state index in [4.69, 9.17) is 0 Å². The normalized spacial score (nSPS) is 19.1. The number of hydrogen-bond donors (Lipinski definition) is 2. The van der Waals surface area contributed by atoms with Crippen LogP contribution in [0.3, 0.4) is 0 Å². The fourth-order valence-corrected chi connectivity index (χ4v) is 3.27. The van der Waals surface area contributed by atoms with E-state index in [1.54, 1.807) is 0 Å². The minimum absolute atomic E-state index is 0.142. The van der Waals surface area contributed by atoms with Gasteiger partial charge >= 0.3 is 0 Å². The number of nitrogens with one attached hydrogen (secondary N) is 1. The molecule has 0 radical (unpaired) electrons. The van der Waals surface area contributed by atoms with Gasteiger partial charge in [0.2, 0.25) is 0 Å². The van der Waals surface area contributed by atoms with E-state index < -0.39 is 0 Å². The second-order valence-electron chi connectivity index (χ2n) is 6.70. The standard InChI is InChI=1S/C17H28N2O/c1-13-5-6-15(14(2)11-13)16(17(3,4)12-20)19-9-7-18-8-10-19/h5-6,11,16,18,20H,7-10,12H2,1-4H3/t16-/m1/s1. The minimum atomic E-state index is -0.142. The summed E-state index contributed by atoms with van der Waals surface area (Å²) in [5.41, 5.74) is 3.84. The van der Waals surface area contributed by atoms with Gasteiger partial charge in [-0.25, -0.2) is 0 Å². The predicted octanol–water partition coefficient (Wildman–Crippen LogP) is 2.27. The summed E-state index contributed by atoms with van der Waals surface area (Å²) >= 11 is 0. The summed E-state index contributed by atoms with van der Waals surface area (Å²) in [5.74, 6) is 0. The van der Waals surface area contributed by atoms with Crippen LogP contribution < -0.4 is 5.32 Å². The summed E-state index contributed by atoms with van der Waals surface area (Å²) in [5, 5.41) is 13.3.